The first-order chi connectivity index (χ1) is 18.4. The van der Waals surface area contributed by atoms with E-state index in [4.69, 9.17) is 23.2 Å². The fraction of sp³-hybridized carbons (Fsp3) is 0.500. The molecule has 1 unspecified atom stereocenters. The number of sulfonamides is 1. The molecule has 2 aromatic carbocycles. The number of rotatable bonds is 9. The van der Waals surface area contributed by atoms with E-state index in [-0.39, 0.29) is 46.7 Å². The third-order valence-corrected chi connectivity index (χ3v) is 9.27. The van der Waals surface area contributed by atoms with Gasteiger partial charge in [-0.1, -0.05) is 35.3 Å². The summed E-state index contributed by atoms with van der Waals surface area (Å²) in [6, 6.07) is 6.05. The van der Waals surface area contributed by atoms with E-state index in [0.29, 0.717) is 38.1 Å². The van der Waals surface area contributed by atoms with Gasteiger partial charge in [0.05, 0.1) is 21.9 Å². The number of carbonyl (C=O) groups is 1. The molecule has 1 saturated heterocycles. The second-order valence-electron chi connectivity index (χ2n) is 10.0. The second-order valence-corrected chi connectivity index (χ2v) is 12.9. The highest BCUT2D eigenvalue weighted by Gasteiger charge is 2.43. The summed E-state index contributed by atoms with van der Waals surface area (Å²) < 4.78 is 94.6. The van der Waals surface area contributed by atoms with Crippen molar-refractivity contribution in [3.63, 3.8) is 0 Å². The molecule has 1 aliphatic heterocycles. The van der Waals surface area contributed by atoms with E-state index in [1.165, 1.54) is 36.6 Å². The molecule has 1 heterocycles. The Balaban J connectivity index is 1.79. The molecular weight excluding hydrogens is 600 g/mol. The first-order valence-electron chi connectivity index (χ1n) is 12.3. The Bertz CT molecular complexity index is 1340. The van der Waals surface area contributed by atoms with E-state index in [1.54, 1.807) is 0 Å². The molecule has 3 rings (SSSR count). The number of hydrogen-bond acceptors (Lipinski definition) is 4. The van der Waals surface area contributed by atoms with Crippen LogP contribution in [0.15, 0.2) is 36.4 Å². The molecule has 1 fully saturated rings. The molecule has 0 N–H and O–H groups in total. The van der Waals surface area contributed by atoms with Crippen molar-refractivity contribution in [1.29, 1.82) is 0 Å². The predicted octanol–water partition coefficient (Wildman–Crippen LogP) is 5.72. The van der Waals surface area contributed by atoms with Crippen LogP contribution in [0, 0.1) is 5.82 Å². The largest absolute Gasteiger partial charge is 0.419 e. The van der Waals surface area contributed by atoms with Crippen LogP contribution in [0.2, 0.25) is 10.0 Å². The summed E-state index contributed by atoms with van der Waals surface area (Å²) in [5, 5.41) is 0.192. The molecule has 40 heavy (non-hydrogen) atoms. The topological polar surface area (TPSA) is 60.9 Å². The van der Waals surface area contributed by atoms with Crippen LogP contribution in [0.5, 0.6) is 0 Å². The van der Waals surface area contributed by atoms with Crippen molar-refractivity contribution in [3.05, 3.63) is 69.0 Å². The Morgan fingerprint density at radius 1 is 1.02 bits per heavy atom. The average Bonchev–Trinajstić information content (AvgIpc) is 2.87. The van der Waals surface area contributed by atoms with E-state index >= 15 is 4.39 Å². The summed E-state index contributed by atoms with van der Waals surface area (Å²) in [5.41, 5.74) is -4.03. The summed E-state index contributed by atoms with van der Waals surface area (Å²) in [6.07, 6.45) is -2.97. The molecular formula is C26H30Cl2F5N3O3S. The van der Waals surface area contributed by atoms with Crippen molar-refractivity contribution in [2.75, 3.05) is 40.0 Å². The minimum Gasteiger partial charge on any atom is -0.338 e. The Morgan fingerprint density at radius 2 is 1.65 bits per heavy atom. The van der Waals surface area contributed by atoms with Crippen LogP contribution < -0.4 is 0 Å². The van der Waals surface area contributed by atoms with Gasteiger partial charge in [0.25, 0.3) is 5.91 Å². The number of alkyl halides is 4. The Morgan fingerprint density at radius 3 is 2.17 bits per heavy atom. The Kier molecular flexibility index (Phi) is 10.1. The van der Waals surface area contributed by atoms with Crippen molar-refractivity contribution in [1.82, 2.24) is 14.1 Å². The third-order valence-electron chi connectivity index (χ3n) is 7.19. The van der Waals surface area contributed by atoms with Gasteiger partial charge in [-0.05, 0) is 55.8 Å². The number of piperidine rings is 1. The zero-order chi connectivity index (χ0) is 30.0. The number of nitrogens with zero attached hydrogens (tertiary/aromatic N) is 3. The summed E-state index contributed by atoms with van der Waals surface area (Å²) >= 11 is 12.1. The van der Waals surface area contributed by atoms with Crippen LogP contribution in [-0.2, 0) is 33.2 Å². The summed E-state index contributed by atoms with van der Waals surface area (Å²) in [6.45, 7) is 0.776. The summed E-state index contributed by atoms with van der Waals surface area (Å²) in [4.78, 5) is 16.4. The maximum absolute atomic E-state index is 16.8. The first-order valence-corrected chi connectivity index (χ1v) is 14.9. The number of amides is 1. The molecule has 0 spiro atoms. The van der Waals surface area contributed by atoms with Gasteiger partial charge in [0, 0.05) is 45.2 Å². The molecule has 1 aliphatic rings. The quantitative estimate of drug-likeness (QED) is 0.333. The van der Waals surface area contributed by atoms with Gasteiger partial charge in [-0.3, -0.25) is 4.79 Å². The van der Waals surface area contributed by atoms with Gasteiger partial charge in [0.15, 0.2) is 0 Å². The molecule has 0 aromatic heterocycles. The van der Waals surface area contributed by atoms with Gasteiger partial charge in [-0.15, -0.1) is 0 Å². The van der Waals surface area contributed by atoms with Crippen LogP contribution in [0.4, 0.5) is 22.0 Å². The molecule has 1 atom stereocenters. The normalized spacial score (nSPS) is 17.2. The fourth-order valence-electron chi connectivity index (χ4n) is 4.74. The van der Waals surface area contributed by atoms with E-state index < -0.39 is 39.2 Å². The van der Waals surface area contributed by atoms with Crippen LogP contribution in [0.25, 0.3) is 0 Å². The van der Waals surface area contributed by atoms with Crippen molar-refractivity contribution in [2.45, 2.75) is 43.7 Å². The maximum atomic E-state index is 16.8. The summed E-state index contributed by atoms with van der Waals surface area (Å²) in [5.74, 6) is -2.48. The van der Waals surface area contributed by atoms with E-state index in [9.17, 15) is 30.8 Å². The molecule has 1 amide bonds. The Hall–Kier alpha value is -1.99. The van der Waals surface area contributed by atoms with Crippen LogP contribution in [-0.4, -0.2) is 74.5 Å². The lowest BCUT2D eigenvalue weighted by molar-refractivity contribution is -0.145. The molecule has 0 radical (unpaired) electrons. The zero-order valence-corrected chi connectivity index (χ0v) is 24.4. The van der Waals surface area contributed by atoms with Gasteiger partial charge in [-0.25, -0.2) is 21.5 Å². The van der Waals surface area contributed by atoms with Gasteiger partial charge in [0.1, 0.15) is 5.82 Å². The zero-order valence-electron chi connectivity index (χ0n) is 22.1. The smallest absolute Gasteiger partial charge is 0.338 e. The highest BCUT2D eigenvalue weighted by molar-refractivity contribution is 7.88. The highest BCUT2D eigenvalue weighted by atomic mass is 35.5. The number of carbonyl (C=O) groups excluding carboxylic acids is 1. The highest BCUT2D eigenvalue weighted by Crippen LogP contribution is 2.37. The first kappa shape index (κ1) is 32.5. The maximum Gasteiger partial charge on any atom is 0.419 e. The molecule has 0 saturated carbocycles. The lowest BCUT2D eigenvalue weighted by atomic mass is 9.89. The van der Waals surface area contributed by atoms with Gasteiger partial charge in [-0.2, -0.15) is 13.2 Å². The Labute approximate surface area is 240 Å². The minimum absolute atomic E-state index is 0.0334. The monoisotopic (exact) mass is 629 g/mol. The predicted molar refractivity (Wildman–Crippen MR) is 144 cm³/mol. The minimum atomic E-state index is -4.87. The van der Waals surface area contributed by atoms with Crippen LogP contribution >= 0.6 is 23.2 Å². The van der Waals surface area contributed by atoms with E-state index in [1.807, 2.05) is 4.90 Å². The van der Waals surface area contributed by atoms with Crippen molar-refractivity contribution >= 4 is 39.1 Å². The average molecular weight is 631 g/mol. The van der Waals surface area contributed by atoms with Crippen molar-refractivity contribution < 1.29 is 35.2 Å². The lowest BCUT2D eigenvalue weighted by Crippen LogP contribution is -2.48. The number of benzene rings is 2. The third kappa shape index (κ3) is 7.64. The SMILES string of the molecule is CN(Cc1ccc(C(F)(F)F)c(F)c1)C(=O)C(F)(CCN1CCC(N(C)S(C)(=O)=O)CC1)c1ccc(Cl)c(Cl)c1. The van der Waals surface area contributed by atoms with Crippen molar-refractivity contribution in [3.8, 4) is 0 Å². The van der Waals surface area contributed by atoms with Crippen molar-refractivity contribution in [2.24, 2.45) is 0 Å². The standard InChI is InChI=1S/C26H30Cl2F5N3O3S/c1-34(16-17-4-6-20(23(29)14-17)26(31,32)33)24(37)25(30,18-5-7-21(27)22(28)15-18)10-13-36-11-8-19(9-12-36)35(2)40(3,38)39/h4-7,14-15,19H,8-13,16H2,1-3H3. The van der Waals surface area contributed by atoms with E-state index in [0.717, 1.165) is 17.2 Å². The van der Waals surface area contributed by atoms with E-state index in [2.05, 4.69) is 0 Å². The molecule has 0 aliphatic carbocycles. The molecule has 0 bridgehead atoms. The fourth-order valence-corrected chi connectivity index (χ4v) is 5.79. The number of likely N-dealkylation sites (tertiary alicyclic amines) is 1. The van der Waals surface area contributed by atoms with Gasteiger partial charge >= 0.3 is 6.18 Å². The van der Waals surface area contributed by atoms with Crippen LogP contribution in [0.1, 0.15) is 36.0 Å². The van der Waals surface area contributed by atoms with Crippen LogP contribution in [0.3, 0.4) is 0 Å². The number of halogens is 7. The molecule has 6 nitrogen and oxygen atoms in total. The lowest BCUT2D eigenvalue weighted by Gasteiger charge is -2.37. The second kappa shape index (κ2) is 12.5. The van der Waals surface area contributed by atoms with Gasteiger partial charge in [0.2, 0.25) is 15.7 Å². The number of hydrogen-bond donors (Lipinski definition) is 0. The van der Waals surface area contributed by atoms with Gasteiger partial charge < -0.3 is 9.80 Å². The molecule has 2 aromatic rings. The molecule has 222 valence electrons. The summed E-state index contributed by atoms with van der Waals surface area (Å²) in [7, 11) is -0.565. The number of likely N-dealkylation sites (N-methyl/N-ethyl adjacent to an activating group) is 1. The molecule has 14 heteroatoms.